The first-order chi connectivity index (χ1) is 59.7. The molecule has 123 heavy (non-hydrogen) atoms. The number of carbonyl (C=O) groups excluding carboxylic acids is 4. The predicted octanol–water partition coefficient (Wildman–Crippen LogP) is 14.5. The van der Waals surface area contributed by atoms with Gasteiger partial charge in [-0.15, -0.1) is 6.42 Å². The van der Waals surface area contributed by atoms with Crippen LogP contribution < -0.4 is 43.1 Å². The quantitative estimate of drug-likeness (QED) is 0.0683. The number of fused-ring (bicyclic) bond motifs is 12. The summed E-state index contributed by atoms with van der Waals surface area (Å²) in [5.41, 5.74) is 19.9. The molecule has 19 rings (SSSR count). The number of pyridine rings is 2. The molecule has 3 amide bonds. The van der Waals surface area contributed by atoms with E-state index in [1.54, 1.807) is 66.2 Å². The Morgan fingerprint density at radius 1 is 0.496 bits per heavy atom. The molecular formula is C96H89Br3N14O10. The molecule has 0 saturated carbocycles. The largest absolute Gasteiger partial charge is 0.448 e. The number of halogens is 3. The fraction of sp³-hybridized carbons (Fsp3) is 0.250. The zero-order chi connectivity index (χ0) is 86.2. The minimum absolute atomic E-state index is 0.0128. The van der Waals surface area contributed by atoms with Crippen LogP contribution in [0.5, 0.6) is 5.75 Å². The van der Waals surface area contributed by atoms with Crippen LogP contribution in [0.2, 0.25) is 0 Å². The molecule has 1 fully saturated rings. The number of anilines is 1. The molecule has 4 atom stereocenters. The maximum atomic E-state index is 13.2. The number of rotatable bonds is 6. The Kier molecular flexibility index (Phi) is 28.4. The number of nitrogen functional groups attached to an aromatic ring is 1. The third-order valence-corrected chi connectivity index (χ3v) is 23.5. The maximum Gasteiger partial charge on any atom is 0.410 e. The number of hydrogen-bond acceptors (Lipinski definition) is 18. The van der Waals surface area contributed by atoms with Crippen molar-refractivity contribution in [3.63, 3.8) is 0 Å². The van der Waals surface area contributed by atoms with E-state index in [0.717, 1.165) is 67.8 Å². The molecule has 6 aliphatic rings. The summed E-state index contributed by atoms with van der Waals surface area (Å²) in [7, 11) is 0. The molecule has 24 nitrogen and oxygen atoms in total. The van der Waals surface area contributed by atoms with Crippen LogP contribution in [0.3, 0.4) is 0 Å². The molecule has 0 radical (unpaired) electrons. The number of nitrogens with two attached hydrogens (primary N) is 1. The fourth-order valence-electron chi connectivity index (χ4n) is 15.8. The second-order valence-corrected chi connectivity index (χ2v) is 33.1. The van der Waals surface area contributed by atoms with E-state index in [2.05, 4.69) is 164 Å². The summed E-state index contributed by atoms with van der Waals surface area (Å²) in [6, 6.07) is 66.3. The zero-order valence-corrected chi connectivity index (χ0v) is 72.8. The molecule has 624 valence electrons. The Morgan fingerprint density at radius 2 is 0.919 bits per heavy atom. The van der Waals surface area contributed by atoms with Crippen LogP contribution in [0.1, 0.15) is 103 Å². The van der Waals surface area contributed by atoms with Gasteiger partial charge in [0.15, 0.2) is 5.75 Å². The Morgan fingerprint density at radius 3 is 1.38 bits per heavy atom. The van der Waals surface area contributed by atoms with Crippen LogP contribution >= 0.6 is 47.8 Å². The number of aromatic nitrogens is 8. The van der Waals surface area contributed by atoms with Crippen molar-refractivity contribution in [1.29, 1.82) is 0 Å². The first kappa shape index (κ1) is 86.6. The highest BCUT2D eigenvalue weighted by molar-refractivity contribution is 9.11. The number of hydrogen-bond donors (Lipinski definition) is 4. The van der Waals surface area contributed by atoms with Gasteiger partial charge in [-0.1, -0.05) is 169 Å². The molecule has 13 aromatic rings. The lowest BCUT2D eigenvalue weighted by Gasteiger charge is -2.27. The van der Waals surface area contributed by atoms with Crippen molar-refractivity contribution in [1.82, 2.24) is 64.4 Å². The summed E-state index contributed by atoms with van der Waals surface area (Å²) in [5, 5.41) is 11.5. The number of benzene rings is 8. The standard InChI is InChI=1S/C28H24BrN3O3.C21H22N2O3.C20H18N4O.C13H14BrN3O.C7H6BrNO2.C7H5N/c1-17-15-32-26(30-25-14-18(29)10-11-23(25)27(32)33)12-13-31(17)28(34)35-16-24-21-8-4-2-6-19(21)20-7-3-5-9-22(20)24;1-14-12-22-20(24)10-11-23(14)21(25)26-13-19-17-8-4-2-6-15(17)16-7-3-5-9-18(16)19;1-14-13-24-19(9-11-21-14)23-18-12-15(6-8-17(18)20(24)25)5-7-16-4-2-3-10-22-16;1-8-7-17-12(4-5-15-8)16-11-6-9(14)2-3-10(11)13(17)18;8-5-1-2-7(11-4-10)6(9)3-5;1-2-7-5-3-4-6-8-7/h2-11,14,17,24H,12-13,15-16H2,1H3;2-9,14,19H,10-13H2,1H3,(H,22,24);2-4,6,8,10,12,14,21H,9,11,13H2,1H3;2-3,6,8,15H,4-5,7H2,1H3;1-4H,9H2;1,3-6H. The summed E-state index contributed by atoms with van der Waals surface area (Å²) >= 11 is 10.1. The van der Waals surface area contributed by atoms with Gasteiger partial charge < -0.3 is 45.7 Å². The summed E-state index contributed by atoms with van der Waals surface area (Å²) in [6.45, 7) is 13.7. The predicted molar refractivity (Wildman–Crippen MR) is 487 cm³/mol. The van der Waals surface area contributed by atoms with Crippen molar-refractivity contribution >= 4 is 111 Å². The second kappa shape index (κ2) is 40.3. The third kappa shape index (κ3) is 20.7. The summed E-state index contributed by atoms with van der Waals surface area (Å²) in [6.07, 6.45) is 10.1. The van der Waals surface area contributed by atoms with E-state index >= 15 is 0 Å². The Balaban J connectivity index is 0.000000127. The Hall–Kier alpha value is -12.8. The van der Waals surface area contributed by atoms with Gasteiger partial charge in [-0.05, 0) is 175 Å². The molecule has 4 aliphatic heterocycles. The first-order valence-corrected chi connectivity index (χ1v) is 42.9. The number of carbonyl (C=O) groups is 4. The van der Waals surface area contributed by atoms with Gasteiger partial charge in [0.25, 0.3) is 23.2 Å². The van der Waals surface area contributed by atoms with Gasteiger partial charge in [-0.3, -0.25) is 37.7 Å². The van der Waals surface area contributed by atoms with Gasteiger partial charge >= 0.3 is 12.2 Å². The molecule has 5 N–H and O–H groups in total. The van der Waals surface area contributed by atoms with Gasteiger partial charge in [0.05, 0.1) is 44.4 Å². The van der Waals surface area contributed by atoms with E-state index in [0.29, 0.717) is 121 Å². The van der Waals surface area contributed by atoms with E-state index in [-0.39, 0.29) is 71.3 Å². The summed E-state index contributed by atoms with van der Waals surface area (Å²) in [4.78, 5) is 111. The Labute approximate surface area is 736 Å². The normalized spacial score (nSPS) is 16.5. The number of ether oxygens (including phenoxy) is 3. The average Bonchev–Trinajstić information content (AvgIpc) is 1.74. The van der Waals surface area contributed by atoms with E-state index in [9.17, 15) is 33.6 Å². The molecule has 5 aromatic heterocycles. The fourth-order valence-corrected chi connectivity index (χ4v) is 16.9. The second-order valence-electron chi connectivity index (χ2n) is 30.3. The molecule has 8 aromatic carbocycles. The molecular weight excluding hydrogens is 1750 g/mol. The highest BCUT2D eigenvalue weighted by Gasteiger charge is 2.35. The van der Waals surface area contributed by atoms with Crippen LogP contribution in [0.15, 0.2) is 246 Å². The number of nitrogens with zero attached hydrogens (tertiary/aromatic N) is 10. The number of amides is 3. The molecule has 0 spiro atoms. The van der Waals surface area contributed by atoms with Crippen LogP contribution in [0.4, 0.5) is 15.3 Å². The monoisotopic (exact) mass is 1830 g/mol. The van der Waals surface area contributed by atoms with Crippen LogP contribution in [0, 0.1) is 24.2 Å². The van der Waals surface area contributed by atoms with E-state index < -0.39 is 0 Å². The SMILES string of the molecule is C#Cc1ccccn1.CC1CNC(=O)CCN1C(=O)OCC1c2ccccc2-c2ccccc21.CC1Cn2c(nc3cc(Br)ccc3c2=O)CCN1.CC1Cn2c(nc3cc(Br)ccc3c2=O)CCN1C(=O)OCC1c2ccccc2-c2ccccc21.CC1Cn2c(nc3cc(C#Cc4ccccn4)ccc3c2=O)CCN1.Nc1cc(Br)ccc1OC=O. The highest BCUT2D eigenvalue weighted by atomic mass is 79.9. The Bertz CT molecular complexity index is 6320. The van der Waals surface area contributed by atoms with Crippen molar-refractivity contribution in [2.24, 2.45) is 0 Å². The van der Waals surface area contributed by atoms with E-state index in [1.807, 2.05) is 141 Å². The number of terminal acetylenes is 1. The smallest absolute Gasteiger partial charge is 0.410 e. The van der Waals surface area contributed by atoms with Crippen LogP contribution in [-0.2, 0) is 58.0 Å². The van der Waals surface area contributed by atoms with Crippen molar-refractivity contribution in [2.75, 3.05) is 51.7 Å². The van der Waals surface area contributed by atoms with Crippen molar-refractivity contribution in [3.8, 4) is 52.2 Å². The third-order valence-electron chi connectivity index (χ3n) is 22.0. The number of nitrogens with one attached hydrogen (secondary N) is 3. The average molecular weight is 1840 g/mol. The molecule has 9 heterocycles. The first-order valence-electron chi connectivity index (χ1n) is 40.5. The lowest BCUT2D eigenvalue weighted by molar-refractivity contribution is -0.121. The molecule has 27 heteroatoms. The summed E-state index contributed by atoms with van der Waals surface area (Å²) in [5.74, 6) is 11.4. The topological polar surface area (TPSA) is 295 Å². The van der Waals surface area contributed by atoms with Crippen LogP contribution in [0.25, 0.3) is 55.0 Å². The van der Waals surface area contributed by atoms with E-state index in [4.69, 9.17) is 31.6 Å². The van der Waals surface area contributed by atoms with Crippen molar-refractivity contribution < 1.29 is 33.4 Å². The van der Waals surface area contributed by atoms with Gasteiger partial charge in [-0.2, -0.15) is 0 Å². The van der Waals surface area contributed by atoms with Crippen molar-refractivity contribution in [3.05, 3.63) is 320 Å². The van der Waals surface area contributed by atoms with Crippen LogP contribution in [-0.4, -0.2) is 143 Å². The minimum atomic E-state index is -0.354. The lowest BCUT2D eigenvalue weighted by Crippen LogP contribution is -2.42. The minimum Gasteiger partial charge on any atom is -0.448 e. The molecule has 2 aliphatic carbocycles. The van der Waals surface area contributed by atoms with Gasteiger partial charge in [-0.25, -0.2) is 34.5 Å². The van der Waals surface area contributed by atoms with Gasteiger partial charge in [0, 0.05) is 139 Å². The van der Waals surface area contributed by atoms with E-state index in [1.165, 1.54) is 44.5 Å². The lowest BCUT2D eigenvalue weighted by atomic mass is 9.98. The van der Waals surface area contributed by atoms with Gasteiger partial charge in [0.2, 0.25) is 5.91 Å². The molecule has 1 saturated heterocycles. The van der Waals surface area contributed by atoms with Gasteiger partial charge in [0.1, 0.15) is 42.1 Å². The summed E-state index contributed by atoms with van der Waals surface area (Å²) < 4.78 is 24.1. The molecule has 4 unspecified atom stereocenters. The molecule has 0 bridgehead atoms. The zero-order valence-electron chi connectivity index (χ0n) is 68.1. The maximum absolute atomic E-state index is 13.2. The highest BCUT2D eigenvalue weighted by Crippen LogP contribution is 2.46. The van der Waals surface area contributed by atoms with Crippen molar-refractivity contribution in [2.45, 2.75) is 109 Å².